The lowest BCUT2D eigenvalue weighted by Crippen LogP contribution is -2.37. The van der Waals surface area contributed by atoms with Gasteiger partial charge in [-0.25, -0.2) is 14.4 Å². The second kappa shape index (κ2) is 11.3. The minimum absolute atomic E-state index is 0.186. The van der Waals surface area contributed by atoms with Crippen molar-refractivity contribution in [3.05, 3.63) is 102 Å². The summed E-state index contributed by atoms with van der Waals surface area (Å²) in [5, 5.41) is 4.01. The quantitative estimate of drug-likeness (QED) is 0.261. The maximum atomic E-state index is 14.8. The third kappa shape index (κ3) is 6.00. The number of hydrogen-bond acceptors (Lipinski definition) is 7. The van der Waals surface area contributed by atoms with Gasteiger partial charge in [0.25, 0.3) is 0 Å². The van der Waals surface area contributed by atoms with Crippen molar-refractivity contribution in [1.29, 1.82) is 0 Å². The maximum absolute atomic E-state index is 14.8. The average molecular weight is 543 g/mol. The molecule has 6 rings (SSSR count). The van der Waals surface area contributed by atoms with E-state index in [1.807, 2.05) is 60.7 Å². The van der Waals surface area contributed by atoms with Crippen molar-refractivity contribution in [2.75, 3.05) is 29.9 Å². The van der Waals surface area contributed by atoms with Crippen molar-refractivity contribution in [3.63, 3.8) is 0 Å². The van der Waals surface area contributed by atoms with E-state index in [9.17, 15) is 8.60 Å². The zero-order valence-electron chi connectivity index (χ0n) is 21.2. The Morgan fingerprint density at radius 3 is 2.64 bits per heavy atom. The molecule has 3 heterocycles. The van der Waals surface area contributed by atoms with E-state index in [2.05, 4.69) is 20.2 Å². The van der Waals surface area contributed by atoms with E-state index < -0.39 is 16.6 Å². The van der Waals surface area contributed by atoms with E-state index in [4.69, 9.17) is 9.15 Å². The van der Waals surface area contributed by atoms with Gasteiger partial charge in [-0.05, 0) is 48.0 Å². The molecule has 1 N–H and O–H groups in total. The first-order valence-corrected chi connectivity index (χ1v) is 14.2. The molecule has 9 heteroatoms. The van der Waals surface area contributed by atoms with Gasteiger partial charge in [-0.15, -0.1) is 0 Å². The number of nitrogens with zero attached hydrogens (tertiary/aromatic N) is 3. The molecule has 1 saturated heterocycles. The fourth-order valence-electron chi connectivity index (χ4n) is 4.55. The van der Waals surface area contributed by atoms with Crippen LogP contribution in [0.5, 0.6) is 5.75 Å². The highest BCUT2D eigenvalue weighted by atomic mass is 32.2. The fourth-order valence-corrected chi connectivity index (χ4v) is 5.68. The molecule has 5 aromatic rings. The number of benzene rings is 3. The third-order valence-corrected chi connectivity index (χ3v) is 7.94. The molecule has 1 aliphatic rings. The van der Waals surface area contributed by atoms with Gasteiger partial charge in [0.1, 0.15) is 30.3 Å². The first-order chi connectivity index (χ1) is 19.1. The highest BCUT2D eigenvalue weighted by Gasteiger charge is 2.17. The summed E-state index contributed by atoms with van der Waals surface area (Å²) in [5.41, 5.74) is 3.16. The number of nitrogens with one attached hydrogen (secondary N) is 1. The van der Waals surface area contributed by atoms with E-state index in [0.29, 0.717) is 29.6 Å². The zero-order chi connectivity index (χ0) is 26.6. The van der Waals surface area contributed by atoms with Crippen LogP contribution in [-0.2, 0) is 24.0 Å². The molecule has 1 fully saturated rings. The van der Waals surface area contributed by atoms with E-state index in [1.54, 1.807) is 12.1 Å². The van der Waals surface area contributed by atoms with Crippen molar-refractivity contribution in [2.24, 2.45) is 0 Å². The molecule has 2 aromatic heterocycles. The molecular weight excluding hydrogens is 515 g/mol. The number of furan rings is 1. The van der Waals surface area contributed by atoms with Crippen molar-refractivity contribution in [3.8, 4) is 17.1 Å². The Morgan fingerprint density at radius 2 is 1.82 bits per heavy atom. The van der Waals surface area contributed by atoms with Crippen LogP contribution in [0.4, 0.5) is 15.9 Å². The lowest BCUT2D eigenvalue weighted by Gasteiger charge is -2.24. The van der Waals surface area contributed by atoms with Crippen LogP contribution in [0.25, 0.3) is 22.2 Å². The number of anilines is 2. The zero-order valence-corrected chi connectivity index (χ0v) is 22.0. The topological polar surface area (TPSA) is 80.5 Å². The van der Waals surface area contributed by atoms with Crippen LogP contribution >= 0.6 is 0 Å². The van der Waals surface area contributed by atoms with Gasteiger partial charge < -0.3 is 14.5 Å². The molecule has 198 valence electrons. The Kier molecular flexibility index (Phi) is 7.33. The van der Waals surface area contributed by atoms with Gasteiger partial charge >= 0.3 is 0 Å². The third-order valence-electron chi connectivity index (χ3n) is 6.66. The second-order valence-corrected chi connectivity index (χ2v) is 11.1. The van der Waals surface area contributed by atoms with Gasteiger partial charge in [0, 0.05) is 58.1 Å². The highest BCUT2D eigenvalue weighted by Crippen LogP contribution is 2.31. The first-order valence-electron chi connectivity index (χ1n) is 12.8. The van der Waals surface area contributed by atoms with Crippen LogP contribution in [0.2, 0.25) is 0 Å². The Labute approximate surface area is 228 Å². The summed E-state index contributed by atoms with van der Waals surface area (Å²) in [6.45, 7) is 2.60. The average Bonchev–Trinajstić information content (AvgIpc) is 3.43. The lowest BCUT2D eigenvalue weighted by atomic mass is 10.1. The molecule has 39 heavy (non-hydrogen) atoms. The summed E-state index contributed by atoms with van der Waals surface area (Å²) in [7, 11) is -0.702. The molecule has 1 aliphatic heterocycles. The predicted octanol–water partition coefficient (Wildman–Crippen LogP) is 5.92. The molecule has 3 aromatic carbocycles. The Balaban J connectivity index is 1.18. The summed E-state index contributed by atoms with van der Waals surface area (Å²) in [6.07, 6.45) is 1.48. The number of halogens is 1. The normalized spacial score (nSPS) is 14.5. The molecule has 0 radical (unpaired) electrons. The number of rotatable bonds is 8. The molecule has 0 atom stereocenters. The lowest BCUT2D eigenvalue weighted by molar-refractivity contribution is 0.266. The standard InChI is InChI=1S/C30H27FN4O3S/c31-26-17-23(7-10-29(26)37-19-21-4-2-1-3-5-21)34-30-25-16-22(6-9-27(25)32-20-33-30)28-11-8-24(38-28)18-35-12-14-39(36)15-13-35/h1-11,16-17,20H,12-15,18-19H2,(H,32,33,34). The molecule has 0 bridgehead atoms. The number of aromatic nitrogens is 2. The largest absolute Gasteiger partial charge is 0.486 e. The number of fused-ring (bicyclic) bond motifs is 1. The van der Waals surface area contributed by atoms with E-state index >= 15 is 0 Å². The minimum Gasteiger partial charge on any atom is -0.486 e. The summed E-state index contributed by atoms with van der Waals surface area (Å²) in [6, 6.07) is 24.2. The Morgan fingerprint density at radius 1 is 0.974 bits per heavy atom. The van der Waals surface area contributed by atoms with Crippen molar-refractivity contribution in [1.82, 2.24) is 14.9 Å². The first kappa shape index (κ1) is 25.2. The summed E-state index contributed by atoms with van der Waals surface area (Å²) in [4.78, 5) is 11.1. The van der Waals surface area contributed by atoms with Crippen LogP contribution in [0, 0.1) is 5.82 Å². The molecule has 0 amide bonds. The molecule has 0 saturated carbocycles. The summed E-state index contributed by atoms with van der Waals surface area (Å²) in [5.74, 6) is 3.32. The second-order valence-electron chi connectivity index (χ2n) is 9.39. The van der Waals surface area contributed by atoms with E-state index in [-0.39, 0.29) is 12.4 Å². The Bertz CT molecular complexity index is 1620. The SMILES string of the molecule is O=S1CCN(Cc2ccc(-c3ccc4ncnc(Nc5ccc(OCc6ccccc6)c(F)c5)c4c3)o2)CC1. The highest BCUT2D eigenvalue weighted by molar-refractivity contribution is 7.85. The molecular formula is C30H27FN4O3S. The molecule has 0 spiro atoms. The van der Waals surface area contributed by atoms with Crippen molar-refractivity contribution < 1.29 is 17.8 Å². The van der Waals surface area contributed by atoms with Crippen molar-refractivity contribution in [2.45, 2.75) is 13.2 Å². The van der Waals surface area contributed by atoms with Gasteiger partial charge in [0.2, 0.25) is 0 Å². The van der Waals surface area contributed by atoms with Crippen LogP contribution < -0.4 is 10.1 Å². The Hall–Kier alpha value is -4.08. The van der Waals surface area contributed by atoms with Gasteiger partial charge in [0.05, 0.1) is 12.1 Å². The smallest absolute Gasteiger partial charge is 0.167 e. The van der Waals surface area contributed by atoms with Gasteiger partial charge in [-0.3, -0.25) is 9.11 Å². The monoisotopic (exact) mass is 542 g/mol. The maximum Gasteiger partial charge on any atom is 0.167 e. The summed E-state index contributed by atoms with van der Waals surface area (Å²) < 4.78 is 38.3. The summed E-state index contributed by atoms with van der Waals surface area (Å²) >= 11 is 0. The van der Waals surface area contributed by atoms with Crippen LogP contribution in [0.15, 0.2) is 89.6 Å². The number of ether oxygens (including phenoxy) is 1. The van der Waals surface area contributed by atoms with E-state index in [1.165, 1.54) is 12.4 Å². The van der Waals surface area contributed by atoms with Crippen LogP contribution in [0.3, 0.4) is 0 Å². The molecule has 0 aliphatic carbocycles. The van der Waals surface area contributed by atoms with E-state index in [0.717, 1.165) is 46.6 Å². The van der Waals surface area contributed by atoms with Gasteiger partial charge in [-0.1, -0.05) is 30.3 Å². The van der Waals surface area contributed by atoms with Gasteiger partial charge in [0.15, 0.2) is 11.6 Å². The minimum atomic E-state index is -0.702. The molecule has 7 nitrogen and oxygen atoms in total. The fraction of sp³-hybridized carbons (Fsp3) is 0.200. The predicted molar refractivity (Wildman–Crippen MR) is 151 cm³/mol. The van der Waals surface area contributed by atoms with Gasteiger partial charge in [-0.2, -0.15) is 0 Å². The van der Waals surface area contributed by atoms with Crippen LogP contribution in [-0.4, -0.2) is 43.7 Å². The number of hydrogen-bond donors (Lipinski definition) is 1. The van der Waals surface area contributed by atoms with Crippen LogP contribution in [0.1, 0.15) is 11.3 Å². The molecule has 0 unspecified atom stereocenters. The van der Waals surface area contributed by atoms with Crippen molar-refractivity contribution >= 4 is 33.2 Å².